The molecule has 6 nitrogen and oxygen atoms in total. The van der Waals surface area contributed by atoms with Crippen molar-refractivity contribution in [3.8, 4) is 0 Å². The number of methoxy groups -OCH3 is 1. The highest BCUT2D eigenvalue weighted by Crippen LogP contribution is 2.19. The molecule has 0 aliphatic heterocycles. The van der Waals surface area contributed by atoms with Crippen molar-refractivity contribution in [1.82, 2.24) is 9.97 Å². The monoisotopic (exact) mass is 238 g/mol. The molecule has 1 heterocycles. The quantitative estimate of drug-likeness (QED) is 0.838. The largest absolute Gasteiger partial charge is 0.375 e. The molecule has 0 atom stereocenters. The third-order valence-electron chi connectivity index (χ3n) is 2.20. The molecule has 0 bridgehead atoms. The molecule has 0 spiro atoms. The number of ether oxygens (including phenoxy) is 1. The summed E-state index contributed by atoms with van der Waals surface area (Å²) in [5.41, 5.74) is 2.13. The molecule has 1 aromatic rings. The number of hydrogen-bond donors (Lipinski definition) is 1. The highest BCUT2D eigenvalue weighted by atomic mass is 16.5. The summed E-state index contributed by atoms with van der Waals surface area (Å²) >= 11 is 0. The van der Waals surface area contributed by atoms with Gasteiger partial charge in [-0.15, -0.1) is 0 Å². The van der Waals surface area contributed by atoms with Crippen LogP contribution in [0.25, 0.3) is 0 Å². The van der Waals surface area contributed by atoms with Crippen molar-refractivity contribution in [1.29, 1.82) is 0 Å². The minimum absolute atomic E-state index is 0.0221. The van der Waals surface area contributed by atoms with Gasteiger partial charge in [0.1, 0.15) is 6.61 Å². The van der Waals surface area contributed by atoms with Crippen molar-refractivity contribution in [2.45, 2.75) is 13.8 Å². The summed E-state index contributed by atoms with van der Waals surface area (Å²) in [5, 5.41) is 2.74. The molecule has 1 N–H and O–H groups in total. The second-order valence-corrected chi connectivity index (χ2v) is 3.95. The van der Waals surface area contributed by atoms with Gasteiger partial charge in [0.2, 0.25) is 11.9 Å². The van der Waals surface area contributed by atoms with Gasteiger partial charge in [0.05, 0.1) is 17.1 Å². The molecule has 94 valence electrons. The first kappa shape index (κ1) is 13.4. The van der Waals surface area contributed by atoms with Gasteiger partial charge in [-0.25, -0.2) is 9.97 Å². The molecule has 1 aromatic heterocycles. The van der Waals surface area contributed by atoms with Crippen LogP contribution in [0.2, 0.25) is 0 Å². The van der Waals surface area contributed by atoms with Crippen LogP contribution in [0.1, 0.15) is 11.4 Å². The third-order valence-corrected chi connectivity index (χ3v) is 2.20. The van der Waals surface area contributed by atoms with E-state index in [2.05, 4.69) is 15.3 Å². The summed E-state index contributed by atoms with van der Waals surface area (Å²) < 4.78 is 4.76. The number of carbonyl (C=O) groups is 1. The van der Waals surface area contributed by atoms with Crippen LogP contribution in [0.4, 0.5) is 11.6 Å². The summed E-state index contributed by atoms with van der Waals surface area (Å²) in [7, 11) is 5.22. The number of nitrogens with zero attached hydrogens (tertiary/aromatic N) is 3. The number of anilines is 2. The predicted molar refractivity (Wildman–Crippen MR) is 66.3 cm³/mol. The first-order chi connectivity index (χ1) is 7.95. The van der Waals surface area contributed by atoms with Gasteiger partial charge in [-0.2, -0.15) is 0 Å². The maximum absolute atomic E-state index is 11.4. The Hall–Kier alpha value is -1.69. The lowest BCUT2D eigenvalue weighted by Crippen LogP contribution is -2.21. The van der Waals surface area contributed by atoms with E-state index in [1.54, 1.807) is 0 Å². The minimum Gasteiger partial charge on any atom is -0.375 e. The molecule has 0 aliphatic carbocycles. The molecule has 1 rings (SSSR count). The van der Waals surface area contributed by atoms with Crippen LogP contribution >= 0.6 is 0 Å². The fraction of sp³-hybridized carbons (Fsp3) is 0.545. The molecule has 17 heavy (non-hydrogen) atoms. The maximum atomic E-state index is 11.4. The zero-order chi connectivity index (χ0) is 13.0. The normalized spacial score (nSPS) is 10.2. The molecule has 0 unspecified atom stereocenters. The van der Waals surface area contributed by atoms with Gasteiger partial charge < -0.3 is 15.0 Å². The maximum Gasteiger partial charge on any atom is 0.250 e. The van der Waals surface area contributed by atoms with Crippen LogP contribution in [0.5, 0.6) is 0 Å². The molecule has 0 saturated heterocycles. The van der Waals surface area contributed by atoms with E-state index in [9.17, 15) is 4.79 Å². The van der Waals surface area contributed by atoms with Gasteiger partial charge in [-0.3, -0.25) is 4.79 Å². The lowest BCUT2D eigenvalue weighted by atomic mass is 10.3. The van der Waals surface area contributed by atoms with Crippen molar-refractivity contribution in [2.24, 2.45) is 0 Å². The van der Waals surface area contributed by atoms with Crippen LogP contribution in [-0.2, 0) is 9.53 Å². The lowest BCUT2D eigenvalue weighted by molar-refractivity contribution is -0.119. The van der Waals surface area contributed by atoms with E-state index < -0.39 is 0 Å². The SMILES string of the molecule is COCC(=O)Nc1c(C)nc(N(C)C)nc1C. The Kier molecular flexibility index (Phi) is 4.39. The number of hydrogen-bond acceptors (Lipinski definition) is 5. The molecule has 1 amide bonds. The Morgan fingerprint density at radius 3 is 2.24 bits per heavy atom. The van der Waals surface area contributed by atoms with Gasteiger partial charge in [0.25, 0.3) is 0 Å². The van der Waals surface area contributed by atoms with Gasteiger partial charge in [0.15, 0.2) is 0 Å². The van der Waals surface area contributed by atoms with E-state index in [1.165, 1.54) is 7.11 Å². The second-order valence-electron chi connectivity index (χ2n) is 3.95. The fourth-order valence-electron chi connectivity index (χ4n) is 1.39. The fourth-order valence-corrected chi connectivity index (χ4v) is 1.39. The van der Waals surface area contributed by atoms with Crippen LogP contribution in [0.3, 0.4) is 0 Å². The van der Waals surface area contributed by atoms with Crippen LogP contribution in [-0.4, -0.2) is 43.7 Å². The number of aromatic nitrogens is 2. The molecule has 0 saturated carbocycles. The van der Waals surface area contributed by atoms with Gasteiger partial charge >= 0.3 is 0 Å². The summed E-state index contributed by atoms with van der Waals surface area (Å²) in [4.78, 5) is 21.9. The number of amides is 1. The Balaban J connectivity index is 2.97. The highest BCUT2D eigenvalue weighted by Gasteiger charge is 2.12. The average Bonchev–Trinajstić information content (AvgIpc) is 2.23. The standard InChI is InChI=1S/C11H18N4O2/c1-7-10(14-9(16)6-17-5)8(2)13-11(12-7)15(3)4/h6H2,1-5H3,(H,14,16). The van der Waals surface area contributed by atoms with Gasteiger partial charge in [-0.1, -0.05) is 0 Å². The molecule has 0 aromatic carbocycles. The van der Waals surface area contributed by atoms with E-state index in [0.717, 1.165) is 11.4 Å². The van der Waals surface area contributed by atoms with E-state index in [1.807, 2.05) is 32.8 Å². The number of aryl methyl sites for hydroxylation is 2. The number of rotatable bonds is 4. The first-order valence-corrected chi connectivity index (χ1v) is 5.27. The van der Waals surface area contributed by atoms with Crippen molar-refractivity contribution in [2.75, 3.05) is 38.0 Å². The molecule has 0 radical (unpaired) electrons. The summed E-state index contributed by atoms with van der Waals surface area (Å²) in [6.45, 7) is 3.70. The second kappa shape index (κ2) is 5.58. The molecule has 6 heteroatoms. The zero-order valence-electron chi connectivity index (χ0n) is 10.9. The van der Waals surface area contributed by atoms with Crippen LogP contribution < -0.4 is 10.2 Å². The first-order valence-electron chi connectivity index (χ1n) is 5.27. The third kappa shape index (κ3) is 3.39. The van der Waals surface area contributed by atoms with E-state index >= 15 is 0 Å². The molecular formula is C11H18N4O2. The lowest BCUT2D eigenvalue weighted by Gasteiger charge is -2.15. The topological polar surface area (TPSA) is 67.3 Å². The predicted octanol–water partition coefficient (Wildman–Crippen LogP) is 0.744. The van der Waals surface area contributed by atoms with Crippen LogP contribution in [0, 0.1) is 13.8 Å². The van der Waals surface area contributed by atoms with Crippen molar-refractivity contribution >= 4 is 17.5 Å². The van der Waals surface area contributed by atoms with Crippen LogP contribution in [0.15, 0.2) is 0 Å². The summed E-state index contributed by atoms with van der Waals surface area (Å²) in [5.74, 6) is 0.421. The highest BCUT2D eigenvalue weighted by molar-refractivity contribution is 5.92. The average molecular weight is 238 g/mol. The minimum atomic E-state index is -0.208. The summed E-state index contributed by atoms with van der Waals surface area (Å²) in [6, 6.07) is 0. The van der Waals surface area contributed by atoms with E-state index in [0.29, 0.717) is 11.6 Å². The molecular weight excluding hydrogens is 220 g/mol. The van der Waals surface area contributed by atoms with Crippen molar-refractivity contribution in [3.05, 3.63) is 11.4 Å². The van der Waals surface area contributed by atoms with Gasteiger partial charge in [-0.05, 0) is 13.8 Å². The number of carbonyl (C=O) groups excluding carboxylic acids is 1. The van der Waals surface area contributed by atoms with Crippen molar-refractivity contribution < 1.29 is 9.53 Å². The zero-order valence-corrected chi connectivity index (χ0v) is 10.9. The van der Waals surface area contributed by atoms with Gasteiger partial charge in [0, 0.05) is 21.2 Å². The molecule has 0 fully saturated rings. The Morgan fingerprint density at radius 1 is 1.29 bits per heavy atom. The van der Waals surface area contributed by atoms with Crippen molar-refractivity contribution in [3.63, 3.8) is 0 Å². The summed E-state index contributed by atoms with van der Waals surface area (Å²) in [6.07, 6.45) is 0. The smallest absolute Gasteiger partial charge is 0.250 e. The molecule has 0 aliphatic rings. The Bertz CT molecular complexity index is 395. The number of nitrogens with one attached hydrogen (secondary N) is 1. The van der Waals surface area contributed by atoms with E-state index in [-0.39, 0.29) is 12.5 Å². The Labute approximate surface area is 101 Å². The van der Waals surface area contributed by atoms with E-state index in [4.69, 9.17) is 4.74 Å². The Morgan fingerprint density at radius 2 is 1.82 bits per heavy atom.